The van der Waals surface area contributed by atoms with E-state index in [0.717, 1.165) is 12.3 Å². The molecule has 0 aromatic heterocycles. The summed E-state index contributed by atoms with van der Waals surface area (Å²) in [5.41, 5.74) is 1.62. The molecule has 1 saturated carbocycles. The lowest BCUT2D eigenvalue weighted by Crippen LogP contribution is -2.27. The molecule has 1 fully saturated rings. The number of fused-ring (bicyclic) bond motifs is 1. The van der Waals surface area contributed by atoms with Crippen LogP contribution in [0.2, 0.25) is 0 Å². The van der Waals surface area contributed by atoms with E-state index in [9.17, 15) is 0 Å². The molecule has 2 aromatic carbocycles. The Balaban J connectivity index is 2.00. The van der Waals surface area contributed by atoms with Crippen molar-refractivity contribution in [3.63, 3.8) is 0 Å². The predicted molar refractivity (Wildman–Crippen MR) is 75.0 cm³/mol. The van der Waals surface area contributed by atoms with Gasteiger partial charge in [-0.3, -0.25) is 0 Å². The van der Waals surface area contributed by atoms with Crippen molar-refractivity contribution in [3.8, 4) is 5.75 Å². The van der Waals surface area contributed by atoms with Gasteiger partial charge in [0.1, 0.15) is 5.75 Å². The molecule has 2 aromatic rings. The van der Waals surface area contributed by atoms with Crippen molar-refractivity contribution >= 4 is 10.8 Å². The first-order valence-corrected chi connectivity index (χ1v) is 6.51. The zero-order valence-electron chi connectivity index (χ0n) is 11.0. The third-order valence-corrected chi connectivity index (χ3v) is 3.91. The molecule has 3 rings (SSSR count). The van der Waals surface area contributed by atoms with E-state index in [4.69, 9.17) is 4.74 Å². The van der Waals surface area contributed by atoms with Crippen LogP contribution in [-0.2, 0) is 6.54 Å². The van der Waals surface area contributed by atoms with E-state index in [1.54, 1.807) is 7.11 Å². The third-order valence-electron chi connectivity index (χ3n) is 3.91. The molecule has 2 nitrogen and oxygen atoms in total. The number of rotatable bonds is 4. The summed E-state index contributed by atoms with van der Waals surface area (Å²) in [5.74, 6) is 0.977. The van der Waals surface area contributed by atoms with Crippen molar-refractivity contribution in [1.82, 2.24) is 5.32 Å². The zero-order valence-corrected chi connectivity index (χ0v) is 11.0. The largest absolute Gasteiger partial charge is 0.496 e. The minimum absolute atomic E-state index is 0.349. The monoisotopic (exact) mass is 241 g/mol. The van der Waals surface area contributed by atoms with Crippen LogP contribution < -0.4 is 10.1 Å². The molecular formula is C16H19NO. The highest BCUT2D eigenvalue weighted by Gasteiger charge is 2.36. The first-order valence-electron chi connectivity index (χ1n) is 6.51. The maximum absolute atomic E-state index is 5.50. The van der Waals surface area contributed by atoms with E-state index < -0.39 is 0 Å². The molecule has 0 atom stereocenters. The highest BCUT2D eigenvalue weighted by molar-refractivity contribution is 5.87. The zero-order chi connectivity index (χ0) is 12.6. The minimum atomic E-state index is 0.349. The second-order valence-electron chi connectivity index (χ2n) is 5.38. The Morgan fingerprint density at radius 3 is 2.67 bits per heavy atom. The van der Waals surface area contributed by atoms with Crippen molar-refractivity contribution in [3.05, 3.63) is 42.0 Å². The summed E-state index contributed by atoms with van der Waals surface area (Å²) in [6.07, 6.45) is 2.56. The number of nitrogens with one attached hydrogen (secondary N) is 1. The summed E-state index contributed by atoms with van der Waals surface area (Å²) >= 11 is 0. The Hall–Kier alpha value is -1.54. The fourth-order valence-electron chi connectivity index (χ4n) is 2.36. The van der Waals surface area contributed by atoms with Crippen LogP contribution in [0, 0.1) is 0 Å². The van der Waals surface area contributed by atoms with Gasteiger partial charge in [0.05, 0.1) is 7.11 Å². The van der Waals surface area contributed by atoms with E-state index in [1.165, 1.54) is 29.2 Å². The van der Waals surface area contributed by atoms with E-state index in [1.807, 2.05) is 0 Å². The quantitative estimate of drug-likeness (QED) is 0.884. The molecule has 0 unspecified atom stereocenters. The van der Waals surface area contributed by atoms with Crippen LogP contribution in [-0.4, -0.2) is 12.6 Å². The van der Waals surface area contributed by atoms with Gasteiger partial charge >= 0.3 is 0 Å². The van der Waals surface area contributed by atoms with Crippen molar-refractivity contribution < 1.29 is 4.74 Å². The van der Waals surface area contributed by atoms with Crippen LogP contribution in [0.1, 0.15) is 25.3 Å². The fraction of sp³-hybridized carbons (Fsp3) is 0.375. The topological polar surface area (TPSA) is 21.3 Å². The minimum Gasteiger partial charge on any atom is -0.496 e. The maximum atomic E-state index is 5.50. The molecule has 18 heavy (non-hydrogen) atoms. The normalized spacial score (nSPS) is 16.8. The van der Waals surface area contributed by atoms with Crippen molar-refractivity contribution in [2.75, 3.05) is 7.11 Å². The van der Waals surface area contributed by atoms with Gasteiger partial charge in [-0.25, -0.2) is 0 Å². The standard InChI is InChI=1S/C16H19NO/c1-16(9-10-16)17-11-14-13-6-4-3-5-12(13)7-8-15(14)18-2/h3-8,17H,9-11H2,1-2H3. The molecule has 0 amide bonds. The van der Waals surface area contributed by atoms with Crippen LogP contribution in [0.3, 0.4) is 0 Å². The molecule has 1 aliphatic rings. The van der Waals surface area contributed by atoms with Gasteiger partial charge < -0.3 is 10.1 Å². The lowest BCUT2D eigenvalue weighted by Gasteiger charge is -2.16. The lowest BCUT2D eigenvalue weighted by molar-refractivity contribution is 0.406. The number of hydrogen-bond acceptors (Lipinski definition) is 2. The Kier molecular flexibility index (Phi) is 2.75. The second kappa shape index (κ2) is 4.29. The molecule has 94 valence electrons. The molecule has 2 heteroatoms. The molecule has 0 aliphatic heterocycles. The molecular weight excluding hydrogens is 222 g/mol. The Morgan fingerprint density at radius 1 is 1.17 bits per heavy atom. The van der Waals surface area contributed by atoms with Gasteiger partial charge in [0, 0.05) is 17.6 Å². The summed E-state index contributed by atoms with van der Waals surface area (Å²) in [6, 6.07) is 12.7. The van der Waals surface area contributed by atoms with Gasteiger partial charge in [-0.05, 0) is 36.6 Å². The first kappa shape index (κ1) is 11.5. The molecule has 0 spiro atoms. The average Bonchev–Trinajstić information content (AvgIpc) is 3.14. The van der Waals surface area contributed by atoms with Crippen molar-refractivity contribution in [1.29, 1.82) is 0 Å². The molecule has 0 bridgehead atoms. The molecule has 1 aliphatic carbocycles. The van der Waals surface area contributed by atoms with Gasteiger partial charge in [-0.1, -0.05) is 30.3 Å². The van der Waals surface area contributed by atoms with Crippen molar-refractivity contribution in [2.24, 2.45) is 0 Å². The van der Waals surface area contributed by atoms with Gasteiger partial charge in [0.2, 0.25) is 0 Å². The van der Waals surface area contributed by atoms with Gasteiger partial charge in [-0.2, -0.15) is 0 Å². The lowest BCUT2D eigenvalue weighted by atomic mass is 10.0. The SMILES string of the molecule is COc1ccc2ccccc2c1CNC1(C)CC1. The third kappa shape index (κ3) is 2.08. The summed E-state index contributed by atoms with van der Waals surface area (Å²) in [5, 5.41) is 6.20. The van der Waals surface area contributed by atoms with Crippen LogP contribution in [0.25, 0.3) is 10.8 Å². The first-order chi connectivity index (χ1) is 8.72. The Labute approximate surface area is 108 Å². The maximum Gasteiger partial charge on any atom is 0.123 e. The second-order valence-corrected chi connectivity index (χ2v) is 5.38. The highest BCUT2D eigenvalue weighted by Crippen LogP contribution is 2.36. The number of ether oxygens (including phenoxy) is 1. The number of benzene rings is 2. The predicted octanol–water partition coefficient (Wildman–Crippen LogP) is 3.49. The van der Waals surface area contributed by atoms with Gasteiger partial charge in [-0.15, -0.1) is 0 Å². The van der Waals surface area contributed by atoms with Crippen LogP contribution in [0.5, 0.6) is 5.75 Å². The summed E-state index contributed by atoms with van der Waals surface area (Å²) in [6.45, 7) is 3.16. The van der Waals surface area contributed by atoms with E-state index in [-0.39, 0.29) is 0 Å². The molecule has 1 N–H and O–H groups in total. The van der Waals surface area contributed by atoms with Crippen LogP contribution >= 0.6 is 0 Å². The van der Waals surface area contributed by atoms with E-state index in [0.29, 0.717) is 5.54 Å². The molecule has 0 heterocycles. The van der Waals surface area contributed by atoms with Crippen LogP contribution in [0.15, 0.2) is 36.4 Å². The summed E-state index contributed by atoms with van der Waals surface area (Å²) < 4.78 is 5.50. The fourth-order valence-corrected chi connectivity index (χ4v) is 2.36. The van der Waals surface area contributed by atoms with E-state index >= 15 is 0 Å². The van der Waals surface area contributed by atoms with Gasteiger partial charge in [0.25, 0.3) is 0 Å². The average molecular weight is 241 g/mol. The van der Waals surface area contributed by atoms with Gasteiger partial charge in [0.15, 0.2) is 0 Å². The number of hydrogen-bond donors (Lipinski definition) is 1. The highest BCUT2D eigenvalue weighted by atomic mass is 16.5. The molecule has 0 radical (unpaired) electrons. The molecule has 0 saturated heterocycles. The Morgan fingerprint density at radius 2 is 1.94 bits per heavy atom. The Bertz CT molecular complexity index is 572. The number of methoxy groups -OCH3 is 1. The summed E-state index contributed by atoms with van der Waals surface area (Å²) in [7, 11) is 1.74. The smallest absolute Gasteiger partial charge is 0.123 e. The van der Waals surface area contributed by atoms with Crippen LogP contribution in [0.4, 0.5) is 0 Å². The van der Waals surface area contributed by atoms with E-state index in [2.05, 4.69) is 48.6 Å². The van der Waals surface area contributed by atoms with Crippen molar-refractivity contribution in [2.45, 2.75) is 31.8 Å². The summed E-state index contributed by atoms with van der Waals surface area (Å²) in [4.78, 5) is 0.